The molecular weight excluding hydrogens is 292 g/mol. The van der Waals surface area contributed by atoms with E-state index in [1.54, 1.807) is 19.1 Å². The second-order valence-electron chi connectivity index (χ2n) is 4.53. The van der Waals surface area contributed by atoms with Gasteiger partial charge in [-0.15, -0.1) is 0 Å². The Morgan fingerprint density at radius 1 is 1.52 bits per heavy atom. The van der Waals surface area contributed by atoms with E-state index in [1.165, 1.54) is 18.0 Å². The molecule has 0 aliphatic carbocycles. The summed E-state index contributed by atoms with van der Waals surface area (Å²) in [5.41, 5.74) is 0.564. The third kappa shape index (κ3) is 3.60. The number of carbonyl (C=O) groups is 3. The highest BCUT2D eigenvalue weighted by Gasteiger charge is 2.34. The zero-order valence-corrected chi connectivity index (χ0v) is 12.7. The molecule has 0 N–H and O–H groups in total. The van der Waals surface area contributed by atoms with Crippen molar-refractivity contribution in [3.05, 3.63) is 24.0 Å². The molecular formula is C14H16N2O4S. The van der Waals surface area contributed by atoms with Gasteiger partial charge in [-0.1, -0.05) is 11.8 Å². The van der Waals surface area contributed by atoms with Crippen LogP contribution >= 0.6 is 11.8 Å². The first kappa shape index (κ1) is 15.5. The van der Waals surface area contributed by atoms with Crippen molar-refractivity contribution in [3.8, 4) is 0 Å². The van der Waals surface area contributed by atoms with Crippen LogP contribution in [0.2, 0.25) is 0 Å². The van der Waals surface area contributed by atoms with E-state index in [1.807, 2.05) is 0 Å². The van der Waals surface area contributed by atoms with E-state index in [0.29, 0.717) is 12.2 Å². The molecule has 0 radical (unpaired) electrons. The lowest BCUT2D eigenvalue weighted by Crippen LogP contribution is -2.27. The number of nitrogens with zero attached hydrogens (tertiary/aromatic N) is 2. The molecule has 1 amide bonds. The van der Waals surface area contributed by atoms with Crippen LogP contribution in [0.5, 0.6) is 0 Å². The van der Waals surface area contributed by atoms with Crippen LogP contribution in [0.3, 0.4) is 0 Å². The Bertz CT molecular complexity index is 576. The molecule has 21 heavy (non-hydrogen) atoms. The summed E-state index contributed by atoms with van der Waals surface area (Å²) in [7, 11) is 0. The normalized spacial score (nSPS) is 17.9. The zero-order valence-electron chi connectivity index (χ0n) is 11.9. The molecule has 1 fully saturated rings. The summed E-state index contributed by atoms with van der Waals surface area (Å²) in [4.78, 5) is 40.7. The summed E-state index contributed by atoms with van der Waals surface area (Å²) >= 11 is 1.15. The first-order chi connectivity index (χ1) is 10.0. The van der Waals surface area contributed by atoms with E-state index >= 15 is 0 Å². The van der Waals surface area contributed by atoms with Crippen LogP contribution in [0.1, 0.15) is 30.8 Å². The van der Waals surface area contributed by atoms with Gasteiger partial charge in [0.05, 0.1) is 12.3 Å². The van der Waals surface area contributed by atoms with Crippen LogP contribution in [-0.2, 0) is 14.3 Å². The van der Waals surface area contributed by atoms with Gasteiger partial charge in [0.1, 0.15) is 0 Å². The minimum Gasteiger partial charge on any atom is -0.461 e. The Balaban J connectivity index is 2.24. The molecule has 0 bridgehead atoms. The van der Waals surface area contributed by atoms with Gasteiger partial charge in [-0.2, -0.15) is 0 Å². The van der Waals surface area contributed by atoms with E-state index in [0.717, 1.165) is 11.8 Å². The average molecular weight is 308 g/mol. The predicted octanol–water partition coefficient (Wildman–Crippen LogP) is 1.64. The van der Waals surface area contributed by atoms with Crippen molar-refractivity contribution < 1.29 is 19.1 Å². The molecule has 2 heterocycles. The van der Waals surface area contributed by atoms with Gasteiger partial charge in [0.25, 0.3) is 0 Å². The highest BCUT2D eigenvalue weighted by atomic mass is 32.2. The Hall–Kier alpha value is -1.89. The smallest absolute Gasteiger partial charge is 0.359 e. The predicted molar refractivity (Wildman–Crippen MR) is 79.2 cm³/mol. The molecule has 1 aliphatic heterocycles. The molecule has 1 aromatic rings. The number of pyridine rings is 1. The van der Waals surface area contributed by atoms with Gasteiger partial charge in [-0.3, -0.25) is 9.59 Å². The number of hydrogen-bond donors (Lipinski definition) is 0. The maximum atomic E-state index is 12.1. The molecule has 1 unspecified atom stereocenters. The molecule has 1 aromatic heterocycles. The number of esters is 1. The van der Waals surface area contributed by atoms with Crippen LogP contribution in [0, 0.1) is 0 Å². The number of anilines is 1. The van der Waals surface area contributed by atoms with Gasteiger partial charge in [0, 0.05) is 31.3 Å². The molecule has 1 aliphatic rings. The molecule has 0 aromatic carbocycles. The molecule has 7 heteroatoms. The molecule has 112 valence electrons. The summed E-state index contributed by atoms with van der Waals surface area (Å²) in [6, 6.07) is 3.33. The fraction of sp³-hybridized carbons (Fsp3) is 0.429. The van der Waals surface area contributed by atoms with E-state index in [2.05, 4.69) is 4.98 Å². The van der Waals surface area contributed by atoms with E-state index in [-0.39, 0.29) is 35.0 Å². The number of thioether (sulfide) groups is 1. The number of carbonyl (C=O) groups excluding carboxylic acids is 3. The molecule has 0 saturated carbocycles. The maximum Gasteiger partial charge on any atom is 0.359 e. The molecule has 1 saturated heterocycles. The van der Waals surface area contributed by atoms with Gasteiger partial charge in [0.2, 0.25) is 5.91 Å². The first-order valence-electron chi connectivity index (χ1n) is 6.62. The third-order valence-corrected chi connectivity index (χ3v) is 3.95. The SMILES string of the molecule is CCOC(=O)c1ncccc1N1CC(SC(C)=O)CC1=O. The molecule has 6 nitrogen and oxygen atoms in total. The van der Waals surface area contributed by atoms with Gasteiger partial charge in [0.15, 0.2) is 10.8 Å². The molecule has 1 atom stereocenters. The fourth-order valence-electron chi connectivity index (χ4n) is 2.19. The summed E-state index contributed by atoms with van der Waals surface area (Å²) in [5, 5.41) is -0.114. The Morgan fingerprint density at radius 2 is 2.29 bits per heavy atom. The Morgan fingerprint density at radius 3 is 2.95 bits per heavy atom. The van der Waals surface area contributed by atoms with Crippen molar-refractivity contribution in [2.45, 2.75) is 25.5 Å². The fourth-order valence-corrected chi connectivity index (χ4v) is 3.11. The monoisotopic (exact) mass is 308 g/mol. The summed E-state index contributed by atoms with van der Waals surface area (Å²) in [5.74, 6) is -0.670. The number of rotatable bonds is 4. The van der Waals surface area contributed by atoms with Crippen LogP contribution in [0.25, 0.3) is 0 Å². The first-order valence-corrected chi connectivity index (χ1v) is 7.50. The van der Waals surface area contributed by atoms with Crippen LogP contribution in [0.4, 0.5) is 5.69 Å². The van der Waals surface area contributed by atoms with Crippen molar-refractivity contribution in [1.29, 1.82) is 0 Å². The van der Waals surface area contributed by atoms with E-state index in [9.17, 15) is 14.4 Å². The van der Waals surface area contributed by atoms with Crippen molar-refractivity contribution in [3.63, 3.8) is 0 Å². The van der Waals surface area contributed by atoms with Gasteiger partial charge in [-0.25, -0.2) is 9.78 Å². The lowest BCUT2D eigenvalue weighted by Gasteiger charge is -2.18. The Labute approximate surface area is 126 Å². The van der Waals surface area contributed by atoms with Crippen molar-refractivity contribution in [2.24, 2.45) is 0 Å². The van der Waals surface area contributed by atoms with Crippen molar-refractivity contribution in [1.82, 2.24) is 4.98 Å². The van der Waals surface area contributed by atoms with Crippen LogP contribution < -0.4 is 4.90 Å². The second-order valence-corrected chi connectivity index (χ2v) is 6.01. The maximum absolute atomic E-state index is 12.1. The lowest BCUT2D eigenvalue weighted by atomic mass is 10.2. The van der Waals surface area contributed by atoms with Gasteiger partial charge in [-0.05, 0) is 19.1 Å². The summed E-state index contributed by atoms with van der Waals surface area (Å²) in [6.07, 6.45) is 1.76. The third-order valence-electron chi connectivity index (χ3n) is 2.97. The average Bonchev–Trinajstić information content (AvgIpc) is 2.78. The van der Waals surface area contributed by atoms with Crippen molar-refractivity contribution in [2.75, 3.05) is 18.1 Å². The summed E-state index contributed by atoms with van der Waals surface area (Å²) < 4.78 is 4.96. The Kier molecular flexibility index (Phi) is 4.95. The quantitative estimate of drug-likeness (QED) is 0.787. The standard InChI is InChI=1S/C14H16N2O4S/c1-3-20-14(19)13-11(5-4-6-15-13)16-8-10(7-12(16)18)21-9(2)17/h4-6,10H,3,7-8H2,1-2H3. The highest BCUT2D eigenvalue weighted by Crippen LogP contribution is 2.30. The van der Waals surface area contributed by atoms with E-state index in [4.69, 9.17) is 4.74 Å². The van der Waals surface area contributed by atoms with Crippen LogP contribution in [0.15, 0.2) is 18.3 Å². The number of aromatic nitrogens is 1. The minimum atomic E-state index is -0.552. The van der Waals surface area contributed by atoms with Gasteiger partial charge >= 0.3 is 5.97 Å². The number of amides is 1. The van der Waals surface area contributed by atoms with E-state index < -0.39 is 5.97 Å². The van der Waals surface area contributed by atoms with Crippen molar-refractivity contribution >= 4 is 34.4 Å². The highest BCUT2D eigenvalue weighted by molar-refractivity contribution is 8.14. The molecule has 0 spiro atoms. The largest absolute Gasteiger partial charge is 0.461 e. The second kappa shape index (κ2) is 6.71. The number of ether oxygens (including phenoxy) is 1. The minimum absolute atomic E-state index is 0.0218. The molecule has 2 rings (SSSR count). The zero-order chi connectivity index (χ0) is 15.4. The van der Waals surface area contributed by atoms with Gasteiger partial charge < -0.3 is 9.64 Å². The number of hydrogen-bond acceptors (Lipinski definition) is 6. The lowest BCUT2D eigenvalue weighted by molar-refractivity contribution is -0.117. The topological polar surface area (TPSA) is 76.6 Å². The summed E-state index contributed by atoms with van der Waals surface area (Å²) in [6.45, 7) is 3.82. The van der Waals surface area contributed by atoms with Crippen LogP contribution in [-0.4, -0.2) is 40.4 Å².